The molecule has 0 unspecified atom stereocenters. The predicted molar refractivity (Wildman–Crippen MR) is 80.4 cm³/mol. The summed E-state index contributed by atoms with van der Waals surface area (Å²) in [6.07, 6.45) is 3.27. The van der Waals surface area contributed by atoms with Gasteiger partial charge in [-0.15, -0.1) is 0 Å². The molecule has 0 radical (unpaired) electrons. The van der Waals surface area contributed by atoms with Crippen LogP contribution in [0.4, 0.5) is 10.1 Å². The Hall–Kier alpha value is -1.45. The van der Waals surface area contributed by atoms with Crippen molar-refractivity contribution in [3.63, 3.8) is 0 Å². The van der Waals surface area contributed by atoms with Crippen molar-refractivity contribution in [2.45, 2.75) is 11.4 Å². The molecular weight excluding hydrogens is 363 g/mol. The van der Waals surface area contributed by atoms with Crippen molar-refractivity contribution in [2.75, 3.05) is 12.8 Å². The average molecular weight is 377 g/mol. The van der Waals surface area contributed by atoms with Gasteiger partial charge in [-0.05, 0) is 28.1 Å². The minimum atomic E-state index is -4.00. The van der Waals surface area contributed by atoms with E-state index in [4.69, 9.17) is 5.73 Å². The maximum absolute atomic E-state index is 13.9. The van der Waals surface area contributed by atoms with Crippen molar-refractivity contribution in [3.05, 3.63) is 40.6 Å². The molecule has 0 spiro atoms. The Kier molecular flexibility index (Phi) is 4.35. The van der Waals surface area contributed by atoms with Gasteiger partial charge in [-0.3, -0.25) is 0 Å². The number of aromatic nitrogens is 2. The minimum absolute atomic E-state index is 0.0290. The summed E-state index contributed by atoms with van der Waals surface area (Å²) in [7, 11) is -0.884. The van der Waals surface area contributed by atoms with Gasteiger partial charge in [0.2, 0.25) is 10.0 Å². The number of nitrogens with zero attached hydrogens (tertiary/aromatic N) is 3. The van der Waals surface area contributed by atoms with Crippen molar-refractivity contribution < 1.29 is 12.8 Å². The highest BCUT2D eigenvalue weighted by molar-refractivity contribution is 9.10. The van der Waals surface area contributed by atoms with Crippen molar-refractivity contribution in [1.29, 1.82) is 0 Å². The second kappa shape index (κ2) is 5.74. The molecule has 0 atom stereocenters. The first-order valence-electron chi connectivity index (χ1n) is 5.90. The normalized spacial score (nSPS) is 12.0. The minimum Gasteiger partial charge on any atom is -0.398 e. The molecule has 9 heteroatoms. The van der Waals surface area contributed by atoms with Crippen LogP contribution < -0.4 is 5.73 Å². The van der Waals surface area contributed by atoms with Gasteiger partial charge in [0.15, 0.2) is 0 Å². The van der Waals surface area contributed by atoms with E-state index in [1.165, 1.54) is 7.05 Å². The molecule has 0 aliphatic carbocycles. The quantitative estimate of drug-likeness (QED) is 0.823. The molecule has 0 amide bonds. The Bertz CT molecular complexity index is 776. The van der Waals surface area contributed by atoms with E-state index in [1.807, 2.05) is 0 Å². The van der Waals surface area contributed by atoms with Gasteiger partial charge in [0.25, 0.3) is 0 Å². The maximum Gasteiger partial charge on any atom is 0.246 e. The van der Waals surface area contributed by atoms with Crippen molar-refractivity contribution in [1.82, 2.24) is 13.9 Å². The van der Waals surface area contributed by atoms with Gasteiger partial charge in [-0.25, -0.2) is 17.8 Å². The fourth-order valence-electron chi connectivity index (χ4n) is 1.74. The molecule has 1 aromatic heterocycles. The van der Waals surface area contributed by atoms with Crippen LogP contribution >= 0.6 is 15.9 Å². The Labute approximate surface area is 130 Å². The number of hydrogen-bond donors (Lipinski definition) is 1. The maximum atomic E-state index is 13.9. The highest BCUT2D eigenvalue weighted by Crippen LogP contribution is 2.28. The smallest absolute Gasteiger partial charge is 0.246 e. The van der Waals surface area contributed by atoms with Gasteiger partial charge < -0.3 is 10.3 Å². The lowest BCUT2D eigenvalue weighted by Crippen LogP contribution is -2.28. The Morgan fingerprint density at radius 2 is 2.14 bits per heavy atom. The lowest BCUT2D eigenvalue weighted by Gasteiger charge is -2.18. The van der Waals surface area contributed by atoms with Crippen LogP contribution in [0, 0.1) is 5.82 Å². The number of aryl methyl sites for hydroxylation is 1. The molecule has 1 heterocycles. The van der Waals surface area contributed by atoms with Crippen LogP contribution in [0.25, 0.3) is 0 Å². The van der Waals surface area contributed by atoms with Crippen molar-refractivity contribution in [3.8, 4) is 0 Å². The summed E-state index contributed by atoms with van der Waals surface area (Å²) in [4.78, 5) is 3.59. The first-order valence-corrected chi connectivity index (χ1v) is 8.14. The van der Waals surface area contributed by atoms with Crippen LogP contribution in [0.1, 0.15) is 5.82 Å². The second-order valence-corrected chi connectivity index (χ2v) is 7.39. The summed E-state index contributed by atoms with van der Waals surface area (Å²) in [5.74, 6) is -0.311. The molecule has 2 rings (SSSR count). The van der Waals surface area contributed by atoms with Crippen LogP contribution in [-0.4, -0.2) is 29.3 Å². The molecule has 2 N–H and O–H groups in total. The fourth-order valence-corrected chi connectivity index (χ4v) is 3.26. The number of halogens is 2. The zero-order chi connectivity index (χ0) is 15.8. The number of hydrogen-bond acceptors (Lipinski definition) is 4. The molecule has 0 aliphatic heterocycles. The number of benzene rings is 1. The summed E-state index contributed by atoms with van der Waals surface area (Å²) in [6.45, 7) is 0.0290. The molecule has 0 fully saturated rings. The first kappa shape index (κ1) is 15.9. The lowest BCUT2D eigenvalue weighted by molar-refractivity contribution is 0.445. The van der Waals surface area contributed by atoms with Gasteiger partial charge in [0.1, 0.15) is 16.5 Å². The Morgan fingerprint density at radius 3 is 2.71 bits per heavy atom. The van der Waals surface area contributed by atoms with Gasteiger partial charge in [-0.1, -0.05) is 0 Å². The second-order valence-electron chi connectivity index (χ2n) is 4.52. The number of imidazole rings is 1. The first-order chi connectivity index (χ1) is 9.73. The Morgan fingerprint density at radius 1 is 1.48 bits per heavy atom. The topological polar surface area (TPSA) is 81.2 Å². The van der Waals surface area contributed by atoms with Crippen molar-refractivity contribution in [2.24, 2.45) is 7.05 Å². The van der Waals surface area contributed by atoms with Gasteiger partial charge in [-0.2, -0.15) is 4.31 Å². The molecule has 0 saturated carbocycles. The third-order valence-electron chi connectivity index (χ3n) is 3.02. The number of nitrogens with two attached hydrogens (primary N) is 1. The highest BCUT2D eigenvalue weighted by atomic mass is 79.9. The van der Waals surface area contributed by atoms with E-state index in [2.05, 4.69) is 20.9 Å². The predicted octanol–water partition coefficient (Wildman–Crippen LogP) is 1.72. The molecule has 0 bridgehead atoms. The van der Waals surface area contributed by atoms with E-state index in [0.29, 0.717) is 10.3 Å². The molecule has 21 heavy (non-hydrogen) atoms. The SMILES string of the molecule is CN(Cc1nccn1C)S(=O)(=O)c1cc(N)c(Br)cc1F. The van der Waals surface area contributed by atoms with E-state index in [-0.39, 0.29) is 12.2 Å². The van der Waals surface area contributed by atoms with Crippen molar-refractivity contribution >= 4 is 31.6 Å². The van der Waals surface area contributed by atoms with E-state index >= 15 is 0 Å². The highest BCUT2D eigenvalue weighted by Gasteiger charge is 2.26. The number of nitrogen functional groups attached to an aromatic ring is 1. The fraction of sp³-hybridized carbons (Fsp3) is 0.250. The standard InChI is InChI=1S/C12H14BrFN4O2S/c1-17-4-3-16-12(17)7-18(2)21(19,20)11-6-10(15)8(13)5-9(11)14/h3-6H,7,15H2,1-2H3. The summed E-state index contributed by atoms with van der Waals surface area (Å²) in [5, 5.41) is 0. The molecule has 114 valence electrons. The summed E-state index contributed by atoms with van der Waals surface area (Å²) >= 11 is 3.06. The van der Waals surface area contributed by atoms with E-state index < -0.39 is 20.7 Å². The van der Waals surface area contributed by atoms with Gasteiger partial charge >= 0.3 is 0 Å². The number of anilines is 1. The zero-order valence-corrected chi connectivity index (χ0v) is 13.8. The Balaban J connectivity index is 2.38. The average Bonchev–Trinajstić information content (AvgIpc) is 2.79. The third-order valence-corrected chi connectivity index (χ3v) is 5.53. The molecule has 0 saturated heterocycles. The van der Waals surface area contributed by atoms with Gasteiger partial charge in [0.05, 0.1) is 6.54 Å². The summed E-state index contributed by atoms with van der Waals surface area (Å²) < 4.78 is 41.8. The third kappa shape index (κ3) is 3.09. The number of rotatable bonds is 4. The molecule has 1 aromatic carbocycles. The lowest BCUT2D eigenvalue weighted by atomic mass is 10.3. The monoisotopic (exact) mass is 376 g/mol. The van der Waals surface area contributed by atoms with Gasteiger partial charge in [0, 0.05) is 36.6 Å². The summed E-state index contributed by atoms with van der Waals surface area (Å²) in [5.41, 5.74) is 5.79. The molecular formula is C12H14BrFN4O2S. The molecule has 2 aromatic rings. The largest absolute Gasteiger partial charge is 0.398 e. The molecule has 6 nitrogen and oxygen atoms in total. The van der Waals surface area contributed by atoms with E-state index in [9.17, 15) is 12.8 Å². The van der Waals surface area contributed by atoms with Crippen LogP contribution in [0.3, 0.4) is 0 Å². The van der Waals surface area contributed by atoms with Crippen LogP contribution in [0.2, 0.25) is 0 Å². The van der Waals surface area contributed by atoms with Crippen LogP contribution in [0.5, 0.6) is 0 Å². The molecule has 0 aliphatic rings. The van der Waals surface area contributed by atoms with E-state index in [1.54, 1.807) is 24.0 Å². The zero-order valence-electron chi connectivity index (χ0n) is 11.4. The van der Waals surface area contributed by atoms with Crippen LogP contribution in [0.15, 0.2) is 33.9 Å². The number of sulfonamides is 1. The van der Waals surface area contributed by atoms with E-state index in [0.717, 1.165) is 16.4 Å². The van der Waals surface area contributed by atoms with Crippen LogP contribution in [-0.2, 0) is 23.6 Å². The summed E-state index contributed by atoms with van der Waals surface area (Å²) in [6, 6.07) is 2.14.